The minimum Gasteiger partial charge on any atom is -0.339 e. The number of carbonyl (C=O) groups excluding carboxylic acids is 1. The van der Waals surface area contributed by atoms with E-state index < -0.39 is 0 Å². The van der Waals surface area contributed by atoms with Crippen molar-refractivity contribution in [3.8, 4) is 11.4 Å². The molecule has 0 fully saturated rings. The summed E-state index contributed by atoms with van der Waals surface area (Å²) in [5.74, 6) is 0.920. The van der Waals surface area contributed by atoms with Crippen LogP contribution in [0, 0.1) is 6.92 Å². The van der Waals surface area contributed by atoms with Crippen LogP contribution in [0.5, 0.6) is 0 Å². The minimum atomic E-state index is -0.0898. The first-order valence-corrected chi connectivity index (χ1v) is 8.35. The number of benzene rings is 2. The molecule has 0 aliphatic rings. The van der Waals surface area contributed by atoms with Crippen LogP contribution in [0.4, 0.5) is 5.69 Å². The van der Waals surface area contributed by atoms with Crippen molar-refractivity contribution in [3.05, 3.63) is 64.5 Å². The summed E-state index contributed by atoms with van der Waals surface area (Å²) < 4.78 is 6.21. The smallest absolute Gasteiger partial charge is 0.227 e. The molecular formula is C18H16BrN3O2. The van der Waals surface area contributed by atoms with E-state index in [0.717, 1.165) is 21.3 Å². The summed E-state index contributed by atoms with van der Waals surface area (Å²) >= 11 is 3.36. The van der Waals surface area contributed by atoms with Gasteiger partial charge in [0.2, 0.25) is 17.6 Å². The summed E-state index contributed by atoms with van der Waals surface area (Å²) in [6.07, 6.45) is 0.687. The second kappa shape index (κ2) is 7.40. The molecule has 3 rings (SSSR count). The Balaban J connectivity index is 1.58. The van der Waals surface area contributed by atoms with Gasteiger partial charge in [0.25, 0.3) is 0 Å². The highest BCUT2D eigenvalue weighted by Gasteiger charge is 2.12. The molecule has 5 nitrogen and oxygen atoms in total. The van der Waals surface area contributed by atoms with Gasteiger partial charge in [0, 0.05) is 28.6 Å². The third-order valence-electron chi connectivity index (χ3n) is 3.55. The van der Waals surface area contributed by atoms with Crippen LogP contribution in [-0.4, -0.2) is 16.0 Å². The molecule has 0 radical (unpaired) electrons. The van der Waals surface area contributed by atoms with E-state index in [1.54, 1.807) is 0 Å². The maximum atomic E-state index is 12.0. The van der Waals surface area contributed by atoms with E-state index in [-0.39, 0.29) is 12.3 Å². The van der Waals surface area contributed by atoms with E-state index in [1.165, 1.54) is 0 Å². The molecule has 0 unspecified atom stereocenters. The monoisotopic (exact) mass is 385 g/mol. The number of aryl methyl sites for hydroxylation is 2. The lowest BCUT2D eigenvalue weighted by atomic mass is 10.1. The second-order valence-corrected chi connectivity index (χ2v) is 6.30. The van der Waals surface area contributed by atoms with Crippen LogP contribution in [-0.2, 0) is 11.2 Å². The van der Waals surface area contributed by atoms with Crippen molar-refractivity contribution in [2.24, 2.45) is 0 Å². The molecule has 0 atom stereocenters. The topological polar surface area (TPSA) is 68.0 Å². The summed E-state index contributed by atoms with van der Waals surface area (Å²) in [5.41, 5.74) is 2.78. The lowest BCUT2D eigenvalue weighted by Gasteiger charge is -2.03. The molecule has 24 heavy (non-hydrogen) atoms. The highest BCUT2D eigenvalue weighted by molar-refractivity contribution is 9.10. The number of halogens is 1. The third kappa shape index (κ3) is 4.08. The van der Waals surface area contributed by atoms with Crippen LogP contribution >= 0.6 is 15.9 Å². The fourth-order valence-corrected chi connectivity index (χ4v) is 2.53. The predicted octanol–water partition coefficient (Wildman–Crippen LogP) is 4.38. The van der Waals surface area contributed by atoms with Crippen molar-refractivity contribution in [1.29, 1.82) is 0 Å². The molecular weight excluding hydrogens is 370 g/mol. The fourth-order valence-electron chi connectivity index (χ4n) is 2.27. The van der Waals surface area contributed by atoms with Gasteiger partial charge in [0.05, 0.1) is 0 Å². The Labute approximate surface area is 148 Å². The molecule has 6 heteroatoms. The first-order valence-electron chi connectivity index (χ1n) is 7.56. The average Bonchev–Trinajstić information content (AvgIpc) is 3.04. The number of nitrogens with one attached hydrogen (secondary N) is 1. The molecule has 0 aliphatic carbocycles. The molecule has 0 saturated carbocycles. The van der Waals surface area contributed by atoms with Crippen LogP contribution in [0.2, 0.25) is 0 Å². The zero-order chi connectivity index (χ0) is 16.9. The van der Waals surface area contributed by atoms with Crippen molar-refractivity contribution in [3.63, 3.8) is 0 Å². The second-order valence-electron chi connectivity index (χ2n) is 5.38. The lowest BCUT2D eigenvalue weighted by molar-refractivity contribution is -0.116. The molecule has 0 spiro atoms. The van der Waals surface area contributed by atoms with E-state index in [2.05, 4.69) is 31.4 Å². The van der Waals surface area contributed by atoms with E-state index in [4.69, 9.17) is 4.52 Å². The zero-order valence-corrected chi connectivity index (χ0v) is 14.7. The molecule has 0 bridgehead atoms. The van der Waals surface area contributed by atoms with E-state index in [0.29, 0.717) is 18.1 Å². The normalized spacial score (nSPS) is 10.6. The Bertz CT molecular complexity index is 843. The van der Waals surface area contributed by atoms with Crippen LogP contribution in [0.3, 0.4) is 0 Å². The highest BCUT2D eigenvalue weighted by Crippen LogP contribution is 2.20. The van der Waals surface area contributed by atoms with Gasteiger partial charge in [-0.2, -0.15) is 4.98 Å². The fraction of sp³-hybridized carbons (Fsp3) is 0.167. The van der Waals surface area contributed by atoms with Crippen molar-refractivity contribution >= 4 is 27.5 Å². The molecule has 0 aliphatic heterocycles. The van der Waals surface area contributed by atoms with Gasteiger partial charge < -0.3 is 9.84 Å². The number of aromatic nitrogens is 2. The van der Waals surface area contributed by atoms with Crippen LogP contribution in [0.15, 0.2) is 57.5 Å². The summed E-state index contributed by atoms with van der Waals surface area (Å²) in [6.45, 7) is 2.00. The molecule has 122 valence electrons. The summed E-state index contributed by atoms with van der Waals surface area (Å²) in [5, 5.41) is 6.83. The first kappa shape index (κ1) is 16.4. The van der Waals surface area contributed by atoms with E-state index in [9.17, 15) is 4.79 Å². The molecule has 0 saturated heterocycles. The number of hydrogen-bond donors (Lipinski definition) is 1. The van der Waals surface area contributed by atoms with Gasteiger partial charge >= 0.3 is 0 Å². The molecule has 3 aromatic rings. The number of rotatable bonds is 5. The minimum absolute atomic E-state index is 0.0898. The van der Waals surface area contributed by atoms with Crippen LogP contribution in [0.1, 0.15) is 17.9 Å². The first-order chi connectivity index (χ1) is 11.6. The van der Waals surface area contributed by atoms with Crippen LogP contribution in [0.25, 0.3) is 11.4 Å². The Kier molecular flexibility index (Phi) is 5.05. The van der Waals surface area contributed by atoms with Crippen molar-refractivity contribution in [2.45, 2.75) is 19.8 Å². The number of hydrogen-bond acceptors (Lipinski definition) is 4. The molecule has 1 heterocycles. The van der Waals surface area contributed by atoms with Gasteiger partial charge in [0.15, 0.2) is 0 Å². The van der Waals surface area contributed by atoms with Crippen molar-refractivity contribution in [2.75, 3.05) is 5.32 Å². The Hall–Kier alpha value is -2.47. The van der Waals surface area contributed by atoms with E-state index in [1.807, 2.05) is 55.5 Å². The number of carbonyl (C=O) groups is 1. The maximum absolute atomic E-state index is 12.0. The predicted molar refractivity (Wildman–Crippen MR) is 95.6 cm³/mol. The van der Waals surface area contributed by atoms with Crippen molar-refractivity contribution < 1.29 is 9.32 Å². The number of anilines is 1. The van der Waals surface area contributed by atoms with Gasteiger partial charge in [-0.15, -0.1) is 0 Å². The Morgan fingerprint density at radius 3 is 2.67 bits per heavy atom. The largest absolute Gasteiger partial charge is 0.339 e. The van der Waals surface area contributed by atoms with E-state index >= 15 is 0 Å². The van der Waals surface area contributed by atoms with Crippen molar-refractivity contribution in [1.82, 2.24) is 10.1 Å². The van der Waals surface area contributed by atoms with Gasteiger partial charge in [-0.3, -0.25) is 4.79 Å². The molecule has 1 N–H and O–H groups in total. The number of nitrogens with zero attached hydrogens (tertiary/aromatic N) is 2. The third-order valence-corrected chi connectivity index (χ3v) is 4.08. The quantitative estimate of drug-likeness (QED) is 0.707. The van der Waals surface area contributed by atoms with Gasteiger partial charge in [-0.25, -0.2) is 0 Å². The standard InChI is InChI=1S/C18H16BrN3O2/c1-12-4-2-3-5-15(12)18-21-17(24-22-18)11-10-16(23)20-14-8-6-13(19)7-9-14/h2-9H,10-11H2,1H3,(H,20,23). The highest BCUT2D eigenvalue weighted by atomic mass is 79.9. The number of amides is 1. The Morgan fingerprint density at radius 2 is 1.92 bits per heavy atom. The molecule has 1 amide bonds. The maximum Gasteiger partial charge on any atom is 0.227 e. The summed E-state index contributed by atoms with van der Waals surface area (Å²) in [7, 11) is 0. The summed E-state index contributed by atoms with van der Waals surface area (Å²) in [4.78, 5) is 16.4. The zero-order valence-electron chi connectivity index (χ0n) is 13.1. The van der Waals surface area contributed by atoms with Gasteiger partial charge in [-0.05, 0) is 36.8 Å². The van der Waals surface area contributed by atoms with Gasteiger partial charge in [0.1, 0.15) is 0 Å². The Morgan fingerprint density at radius 1 is 1.17 bits per heavy atom. The SMILES string of the molecule is Cc1ccccc1-c1noc(CCC(=O)Nc2ccc(Br)cc2)n1. The molecule has 2 aromatic carbocycles. The van der Waals surface area contributed by atoms with Crippen LogP contribution < -0.4 is 5.32 Å². The lowest BCUT2D eigenvalue weighted by Crippen LogP contribution is -2.12. The average molecular weight is 386 g/mol. The molecule has 1 aromatic heterocycles. The summed E-state index contributed by atoms with van der Waals surface area (Å²) in [6, 6.07) is 15.3. The van der Waals surface area contributed by atoms with Gasteiger partial charge in [-0.1, -0.05) is 45.4 Å².